The number of aliphatic hydroxyl groups excluding tert-OH is 2. The average Bonchev–Trinajstić information content (AvgIpc) is 3.18. The smallest absolute Gasteiger partial charge is 0.457 e. The normalized spacial score (nSPS) is 14.6. The maximum absolute atomic E-state index is 12.6. The highest BCUT2D eigenvalue weighted by atomic mass is 31.2. The number of carbonyl (C=O) groups excluding carboxylic acids is 1. The zero-order chi connectivity index (χ0) is 40.3. The Labute approximate surface area is 336 Å². The molecule has 0 aliphatic heterocycles. The molecule has 9 nitrogen and oxygen atoms in total. The van der Waals surface area contributed by atoms with Crippen molar-refractivity contribution in [3.63, 3.8) is 0 Å². The first-order valence-electron chi connectivity index (χ1n) is 21.8. The van der Waals surface area contributed by atoms with Gasteiger partial charge < -0.3 is 24.6 Å². The predicted octanol–water partition coefficient (Wildman–Crippen LogP) is 12.0. The number of allylic oxidation sites excluding steroid dienone is 10. The Kier molecular flexibility index (Phi) is 40.4. The predicted molar refractivity (Wildman–Crippen MR) is 228 cm³/mol. The van der Waals surface area contributed by atoms with Crippen molar-refractivity contribution in [1.82, 2.24) is 0 Å². The Balaban J connectivity index is 4.21. The van der Waals surface area contributed by atoms with Crippen molar-refractivity contribution in [3.8, 4) is 0 Å². The van der Waals surface area contributed by atoms with Crippen LogP contribution in [0.15, 0.2) is 60.8 Å². The van der Waals surface area contributed by atoms with Gasteiger partial charge in [0.2, 0.25) is 0 Å². The van der Waals surface area contributed by atoms with Gasteiger partial charge in [-0.1, -0.05) is 152 Å². The lowest BCUT2D eigenvalue weighted by Crippen LogP contribution is -2.29. The van der Waals surface area contributed by atoms with Gasteiger partial charge >= 0.3 is 13.8 Å². The van der Waals surface area contributed by atoms with E-state index in [4.69, 9.17) is 23.6 Å². The van der Waals surface area contributed by atoms with Crippen molar-refractivity contribution in [2.45, 2.75) is 187 Å². The Bertz CT molecular complexity index is 1040. The van der Waals surface area contributed by atoms with E-state index >= 15 is 0 Å². The van der Waals surface area contributed by atoms with Crippen LogP contribution >= 0.6 is 7.82 Å². The molecule has 0 saturated carbocycles. The number of hydrogen-bond donors (Lipinski definition) is 3. The summed E-state index contributed by atoms with van der Waals surface area (Å²) in [5.41, 5.74) is 0. The third-order valence-electron chi connectivity index (χ3n) is 8.94. The van der Waals surface area contributed by atoms with Crippen LogP contribution in [0.25, 0.3) is 0 Å². The van der Waals surface area contributed by atoms with Crippen molar-refractivity contribution < 1.29 is 43.0 Å². The highest BCUT2D eigenvalue weighted by Gasteiger charge is 2.26. The summed E-state index contributed by atoms with van der Waals surface area (Å²) in [5.74, 6) is -0.401. The number of hydrogen-bond acceptors (Lipinski definition) is 8. The Morgan fingerprint density at radius 1 is 0.582 bits per heavy atom. The molecule has 320 valence electrons. The van der Waals surface area contributed by atoms with E-state index in [1.165, 1.54) is 64.2 Å². The largest absolute Gasteiger partial charge is 0.472 e. The lowest BCUT2D eigenvalue weighted by atomic mass is 10.1. The van der Waals surface area contributed by atoms with Gasteiger partial charge in [-0.2, -0.15) is 0 Å². The van der Waals surface area contributed by atoms with Crippen LogP contribution in [0.4, 0.5) is 0 Å². The molecule has 0 radical (unpaired) electrons. The van der Waals surface area contributed by atoms with E-state index in [0.717, 1.165) is 83.5 Å². The van der Waals surface area contributed by atoms with Gasteiger partial charge in [0.25, 0.3) is 0 Å². The number of aliphatic hydroxyl groups is 2. The molecule has 0 heterocycles. The summed E-state index contributed by atoms with van der Waals surface area (Å²) >= 11 is 0. The molecule has 55 heavy (non-hydrogen) atoms. The molecule has 0 spiro atoms. The van der Waals surface area contributed by atoms with E-state index in [0.29, 0.717) is 13.0 Å². The summed E-state index contributed by atoms with van der Waals surface area (Å²) in [5, 5.41) is 18.3. The Morgan fingerprint density at radius 3 is 1.56 bits per heavy atom. The average molecular weight is 797 g/mol. The van der Waals surface area contributed by atoms with Crippen LogP contribution < -0.4 is 0 Å². The second kappa shape index (κ2) is 41.8. The molecule has 3 N–H and O–H groups in total. The number of unbranched alkanes of at least 4 members (excludes halogenated alkanes) is 17. The number of ether oxygens (including phenoxy) is 2. The maximum Gasteiger partial charge on any atom is 0.472 e. The number of phosphoric acid groups is 1. The van der Waals surface area contributed by atoms with E-state index in [-0.39, 0.29) is 19.6 Å². The second-order valence-corrected chi connectivity index (χ2v) is 15.8. The molecule has 0 amide bonds. The van der Waals surface area contributed by atoms with Crippen molar-refractivity contribution >= 4 is 13.8 Å². The summed E-state index contributed by atoms with van der Waals surface area (Å²) in [6.45, 7) is 3.35. The fourth-order valence-corrected chi connectivity index (χ4v) is 6.42. The Morgan fingerprint density at radius 2 is 1.04 bits per heavy atom. The quantitative estimate of drug-likeness (QED) is 0.0239. The number of rotatable bonds is 41. The van der Waals surface area contributed by atoms with Crippen molar-refractivity contribution in [3.05, 3.63) is 60.8 Å². The minimum absolute atomic E-state index is 0.0360. The van der Waals surface area contributed by atoms with Gasteiger partial charge in [0, 0.05) is 13.0 Å². The molecule has 0 aliphatic carbocycles. The zero-order valence-corrected chi connectivity index (χ0v) is 35.8. The van der Waals surface area contributed by atoms with E-state index in [1.807, 2.05) is 0 Å². The summed E-state index contributed by atoms with van der Waals surface area (Å²) in [4.78, 5) is 22.6. The number of phosphoric ester groups is 1. The summed E-state index contributed by atoms with van der Waals surface area (Å²) < 4.78 is 33.4. The van der Waals surface area contributed by atoms with Crippen molar-refractivity contribution in [2.24, 2.45) is 0 Å². The molecule has 3 atom stereocenters. The van der Waals surface area contributed by atoms with Crippen molar-refractivity contribution in [2.75, 3.05) is 33.0 Å². The third-order valence-corrected chi connectivity index (χ3v) is 9.89. The minimum atomic E-state index is -4.53. The van der Waals surface area contributed by atoms with Crippen LogP contribution in [-0.2, 0) is 27.9 Å². The third kappa shape index (κ3) is 41.6. The van der Waals surface area contributed by atoms with Crippen LogP contribution in [0.1, 0.15) is 174 Å². The SMILES string of the molecule is CC/C=C\C/C=C\C/C=C\CCCCCCCCCCOCC(COP(=O)(O)OCC(O)CO)OC(=O)CCCCCCC/C=C\C/C=C\CCCCCC. The van der Waals surface area contributed by atoms with Crippen LogP contribution in [0.3, 0.4) is 0 Å². The lowest BCUT2D eigenvalue weighted by Gasteiger charge is -2.20. The zero-order valence-electron chi connectivity index (χ0n) is 34.9. The highest BCUT2D eigenvalue weighted by molar-refractivity contribution is 7.47. The second-order valence-electron chi connectivity index (χ2n) is 14.3. The molecular formula is C45H81O9P. The van der Waals surface area contributed by atoms with Crippen LogP contribution in [0.2, 0.25) is 0 Å². The Hall–Kier alpha value is -1.84. The fraction of sp³-hybridized carbons (Fsp3) is 0.756. The molecule has 0 aliphatic rings. The molecule has 0 fully saturated rings. The van der Waals surface area contributed by atoms with Gasteiger partial charge in [-0.3, -0.25) is 13.8 Å². The van der Waals surface area contributed by atoms with Gasteiger partial charge in [-0.05, 0) is 77.0 Å². The van der Waals surface area contributed by atoms with Crippen LogP contribution in [0.5, 0.6) is 0 Å². The highest BCUT2D eigenvalue weighted by Crippen LogP contribution is 2.43. The molecular weight excluding hydrogens is 715 g/mol. The molecule has 0 aromatic heterocycles. The molecule has 0 saturated heterocycles. The van der Waals surface area contributed by atoms with Crippen LogP contribution in [-0.4, -0.2) is 66.3 Å². The molecule has 10 heteroatoms. The molecule has 0 rings (SSSR count). The molecule has 0 bridgehead atoms. The molecule has 3 unspecified atom stereocenters. The standard InChI is InChI=1S/C45H81O9P/c1-3-5-7-9-11-13-15-17-19-21-22-24-26-28-30-32-34-36-38-51-41-44(42-53-55(49,50)52-40-43(47)39-46)54-45(48)37-35-33-31-29-27-25-23-20-18-16-14-12-10-8-6-4-2/h5,7,11,13-14,16-17,19-20,23,43-44,46-47H,3-4,6,8-10,12,15,18,21-22,24-42H2,1-2H3,(H,49,50)/b7-5-,13-11-,16-14-,19-17-,23-20-. The van der Waals surface area contributed by atoms with E-state index in [1.54, 1.807) is 0 Å². The fourth-order valence-electron chi connectivity index (χ4n) is 5.63. The number of esters is 1. The lowest BCUT2D eigenvalue weighted by molar-refractivity contribution is -0.154. The van der Waals surface area contributed by atoms with Gasteiger partial charge in [0.1, 0.15) is 12.2 Å². The van der Waals surface area contributed by atoms with Crippen molar-refractivity contribution in [1.29, 1.82) is 0 Å². The van der Waals surface area contributed by atoms with E-state index < -0.39 is 39.2 Å². The van der Waals surface area contributed by atoms with Crippen LogP contribution in [0, 0.1) is 0 Å². The first kappa shape index (κ1) is 53.2. The molecule has 0 aromatic rings. The first-order valence-corrected chi connectivity index (χ1v) is 23.3. The van der Waals surface area contributed by atoms with E-state index in [2.05, 4.69) is 74.6 Å². The summed E-state index contributed by atoms with van der Waals surface area (Å²) in [7, 11) is -4.53. The maximum atomic E-state index is 12.6. The van der Waals surface area contributed by atoms with Gasteiger partial charge in [0.05, 0.1) is 26.4 Å². The van der Waals surface area contributed by atoms with Gasteiger partial charge in [0.15, 0.2) is 0 Å². The topological polar surface area (TPSA) is 132 Å². The monoisotopic (exact) mass is 797 g/mol. The minimum Gasteiger partial charge on any atom is -0.457 e. The van der Waals surface area contributed by atoms with E-state index in [9.17, 15) is 19.4 Å². The van der Waals surface area contributed by atoms with Gasteiger partial charge in [-0.15, -0.1) is 0 Å². The molecule has 0 aromatic carbocycles. The van der Waals surface area contributed by atoms with Gasteiger partial charge in [-0.25, -0.2) is 4.57 Å². The first-order chi connectivity index (χ1) is 26.8. The number of carbonyl (C=O) groups is 1. The summed E-state index contributed by atoms with van der Waals surface area (Å²) in [6.07, 6.45) is 47.4. The summed E-state index contributed by atoms with van der Waals surface area (Å²) in [6, 6.07) is 0.